The zero-order valence-corrected chi connectivity index (χ0v) is 10.5. The van der Waals surface area contributed by atoms with E-state index in [1.165, 1.54) is 0 Å². The number of halogens is 1. The van der Waals surface area contributed by atoms with Gasteiger partial charge in [0.25, 0.3) is 5.91 Å². The summed E-state index contributed by atoms with van der Waals surface area (Å²) in [6, 6.07) is 4.90. The van der Waals surface area contributed by atoms with Crippen molar-refractivity contribution in [2.75, 3.05) is 11.1 Å². The van der Waals surface area contributed by atoms with E-state index >= 15 is 0 Å². The zero-order valence-electron chi connectivity index (χ0n) is 8.90. The lowest BCUT2D eigenvalue weighted by Gasteiger charge is -2.05. The quantitative estimate of drug-likeness (QED) is 0.819. The largest absolute Gasteiger partial charge is 0.398 e. The first-order chi connectivity index (χ1) is 8.08. The summed E-state index contributed by atoms with van der Waals surface area (Å²) in [7, 11) is 0. The molecule has 1 amide bonds. The van der Waals surface area contributed by atoms with Crippen molar-refractivity contribution in [2.24, 2.45) is 0 Å². The number of nitrogens with two attached hydrogens (primary N) is 1. The van der Waals surface area contributed by atoms with Crippen LogP contribution in [0.25, 0.3) is 0 Å². The number of aryl methyl sites for hydroxylation is 1. The molecule has 3 N–H and O–H groups in total. The molecule has 0 aliphatic carbocycles. The van der Waals surface area contributed by atoms with E-state index in [1.807, 2.05) is 0 Å². The van der Waals surface area contributed by atoms with E-state index in [0.29, 0.717) is 22.2 Å². The molecular weight excluding hydrogens is 260 g/mol. The van der Waals surface area contributed by atoms with Crippen LogP contribution in [-0.4, -0.2) is 15.3 Å². The molecule has 7 heteroatoms. The van der Waals surface area contributed by atoms with Crippen LogP contribution >= 0.6 is 23.1 Å². The summed E-state index contributed by atoms with van der Waals surface area (Å²) in [6.07, 6.45) is 0. The number of amides is 1. The molecule has 0 atom stereocenters. The lowest BCUT2D eigenvalue weighted by Crippen LogP contribution is -2.12. The number of hydrogen-bond donors (Lipinski definition) is 2. The molecule has 1 heterocycles. The Bertz CT molecular complexity index is 569. The number of aromatic nitrogens is 2. The third-order valence-corrected chi connectivity index (χ3v) is 3.16. The van der Waals surface area contributed by atoms with Gasteiger partial charge >= 0.3 is 0 Å². The number of nitrogen functional groups attached to an aromatic ring is 1. The van der Waals surface area contributed by atoms with E-state index in [4.69, 9.17) is 17.3 Å². The zero-order chi connectivity index (χ0) is 12.4. The van der Waals surface area contributed by atoms with E-state index in [0.717, 1.165) is 11.5 Å². The molecule has 0 bridgehead atoms. The molecule has 0 fully saturated rings. The third-order valence-electron chi connectivity index (χ3n) is 2.02. The lowest BCUT2D eigenvalue weighted by atomic mass is 10.2. The molecule has 0 saturated heterocycles. The van der Waals surface area contributed by atoms with Crippen molar-refractivity contribution in [1.29, 1.82) is 0 Å². The molecule has 2 rings (SSSR count). The van der Waals surface area contributed by atoms with Crippen LogP contribution in [0.15, 0.2) is 18.2 Å². The molecular formula is C10H9ClN4OS. The lowest BCUT2D eigenvalue weighted by molar-refractivity contribution is 0.102. The van der Waals surface area contributed by atoms with Crippen molar-refractivity contribution in [2.45, 2.75) is 6.92 Å². The van der Waals surface area contributed by atoms with Gasteiger partial charge in [-0.15, -0.1) is 0 Å². The smallest absolute Gasteiger partial charge is 0.259 e. The highest BCUT2D eigenvalue weighted by molar-refractivity contribution is 7.09. The van der Waals surface area contributed by atoms with E-state index in [2.05, 4.69) is 14.7 Å². The molecule has 2 aromatic rings. The van der Waals surface area contributed by atoms with Gasteiger partial charge in [0.15, 0.2) is 0 Å². The fraction of sp³-hybridized carbons (Fsp3) is 0.100. The molecule has 0 spiro atoms. The monoisotopic (exact) mass is 268 g/mol. The fourth-order valence-electron chi connectivity index (χ4n) is 1.24. The normalized spacial score (nSPS) is 10.2. The minimum Gasteiger partial charge on any atom is -0.398 e. The van der Waals surface area contributed by atoms with Gasteiger partial charge in [0.05, 0.1) is 16.3 Å². The van der Waals surface area contributed by atoms with Crippen LogP contribution in [0.2, 0.25) is 5.02 Å². The molecule has 0 aliphatic rings. The van der Waals surface area contributed by atoms with Gasteiger partial charge in [-0.2, -0.15) is 4.37 Å². The predicted molar refractivity (Wildman–Crippen MR) is 68.5 cm³/mol. The minimum atomic E-state index is -0.349. The maximum Gasteiger partial charge on any atom is 0.259 e. The summed E-state index contributed by atoms with van der Waals surface area (Å²) >= 11 is 7.06. The van der Waals surface area contributed by atoms with Gasteiger partial charge in [0, 0.05) is 11.5 Å². The highest BCUT2D eigenvalue weighted by Crippen LogP contribution is 2.24. The van der Waals surface area contributed by atoms with Crippen molar-refractivity contribution in [3.8, 4) is 0 Å². The molecule has 1 aromatic carbocycles. The van der Waals surface area contributed by atoms with Crippen LogP contribution in [-0.2, 0) is 0 Å². The number of carbonyl (C=O) groups excluding carboxylic acids is 1. The summed E-state index contributed by atoms with van der Waals surface area (Å²) in [5, 5.41) is 3.29. The second-order valence-corrected chi connectivity index (χ2v) is 4.44. The Kier molecular flexibility index (Phi) is 3.26. The van der Waals surface area contributed by atoms with Gasteiger partial charge in [-0.05, 0) is 19.1 Å². The average Bonchev–Trinajstić information content (AvgIpc) is 2.68. The van der Waals surface area contributed by atoms with Gasteiger partial charge < -0.3 is 5.73 Å². The number of benzene rings is 1. The van der Waals surface area contributed by atoms with Gasteiger partial charge in [-0.1, -0.05) is 17.7 Å². The van der Waals surface area contributed by atoms with Crippen LogP contribution in [0, 0.1) is 6.92 Å². The summed E-state index contributed by atoms with van der Waals surface area (Å²) in [5.74, 6) is 0.266. The summed E-state index contributed by atoms with van der Waals surface area (Å²) in [4.78, 5) is 15.9. The summed E-state index contributed by atoms with van der Waals surface area (Å²) in [5.41, 5.74) is 6.31. The Morgan fingerprint density at radius 1 is 1.53 bits per heavy atom. The predicted octanol–water partition coefficient (Wildman–Crippen LogP) is 2.33. The van der Waals surface area contributed by atoms with Crippen LogP contribution in [0.3, 0.4) is 0 Å². The Hall–Kier alpha value is -1.66. The molecule has 0 aliphatic heterocycles. The standard InChI is InChI=1S/C10H9ClN4OS/c1-5-13-10(17-15-5)14-9(16)6-3-2-4-7(12)8(6)11/h2-4H,12H2,1H3,(H,13,14,15,16). The topological polar surface area (TPSA) is 80.9 Å². The average molecular weight is 269 g/mol. The van der Waals surface area contributed by atoms with E-state index in [9.17, 15) is 4.79 Å². The minimum absolute atomic E-state index is 0.242. The number of anilines is 2. The van der Waals surface area contributed by atoms with E-state index < -0.39 is 0 Å². The number of hydrogen-bond acceptors (Lipinski definition) is 5. The number of nitrogens with zero attached hydrogens (tertiary/aromatic N) is 2. The molecule has 0 unspecified atom stereocenters. The first kappa shape index (κ1) is 11.8. The van der Waals surface area contributed by atoms with Gasteiger partial charge in [0.2, 0.25) is 5.13 Å². The molecule has 0 radical (unpaired) electrons. The fourth-order valence-corrected chi connectivity index (χ4v) is 2.02. The first-order valence-electron chi connectivity index (χ1n) is 4.73. The van der Waals surface area contributed by atoms with Crippen LogP contribution in [0.4, 0.5) is 10.8 Å². The molecule has 0 saturated carbocycles. The molecule has 1 aromatic heterocycles. The first-order valence-corrected chi connectivity index (χ1v) is 5.88. The number of rotatable bonds is 2. The Labute approximate surface area is 107 Å². The van der Waals surface area contributed by atoms with Crippen molar-refractivity contribution < 1.29 is 4.79 Å². The second-order valence-electron chi connectivity index (χ2n) is 3.31. The van der Waals surface area contributed by atoms with E-state index in [-0.39, 0.29) is 10.9 Å². The molecule has 88 valence electrons. The number of nitrogens with one attached hydrogen (secondary N) is 1. The Morgan fingerprint density at radius 3 is 2.94 bits per heavy atom. The summed E-state index contributed by atoms with van der Waals surface area (Å²) in [6.45, 7) is 1.75. The van der Waals surface area contributed by atoms with Gasteiger partial charge in [0.1, 0.15) is 5.82 Å². The SMILES string of the molecule is Cc1nsc(NC(=O)c2cccc(N)c2Cl)n1. The van der Waals surface area contributed by atoms with Gasteiger partial charge in [-0.25, -0.2) is 4.98 Å². The van der Waals surface area contributed by atoms with Crippen molar-refractivity contribution in [3.05, 3.63) is 34.6 Å². The molecule has 5 nitrogen and oxygen atoms in total. The van der Waals surface area contributed by atoms with Crippen LogP contribution < -0.4 is 11.1 Å². The van der Waals surface area contributed by atoms with E-state index in [1.54, 1.807) is 25.1 Å². The highest BCUT2D eigenvalue weighted by Gasteiger charge is 2.13. The van der Waals surface area contributed by atoms with Crippen molar-refractivity contribution >= 4 is 39.9 Å². The maximum absolute atomic E-state index is 11.9. The van der Waals surface area contributed by atoms with Gasteiger partial charge in [-0.3, -0.25) is 10.1 Å². The van der Waals surface area contributed by atoms with Crippen molar-refractivity contribution in [3.63, 3.8) is 0 Å². The van der Waals surface area contributed by atoms with Crippen LogP contribution in [0.5, 0.6) is 0 Å². The summed E-state index contributed by atoms with van der Waals surface area (Å²) < 4.78 is 3.96. The third kappa shape index (κ3) is 2.54. The maximum atomic E-state index is 11.9. The Balaban J connectivity index is 2.23. The number of carbonyl (C=O) groups is 1. The Morgan fingerprint density at radius 2 is 2.29 bits per heavy atom. The molecule has 17 heavy (non-hydrogen) atoms. The van der Waals surface area contributed by atoms with Crippen LogP contribution in [0.1, 0.15) is 16.2 Å². The van der Waals surface area contributed by atoms with Crippen molar-refractivity contribution in [1.82, 2.24) is 9.36 Å². The highest BCUT2D eigenvalue weighted by atomic mass is 35.5. The second kappa shape index (κ2) is 4.68.